The number of hydrogen-bond donors (Lipinski definition) is 0. The van der Waals surface area contributed by atoms with E-state index >= 15 is 0 Å². The van der Waals surface area contributed by atoms with E-state index in [0.29, 0.717) is 12.8 Å². The Hall–Kier alpha value is -4.71. The van der Waals surface area contributed by atoms with Crippen LogP contribution in [0.1, 0.15) is 239 Å². The van der Waals surface area contributed by atoms with E-state index in [1.807, 2.05) is 0 Å². The molecule has 0 aliphatic rings. The van der Waals surface area contributed by atoms with Crippen molar-refractivity contribution < 1.29 is 28.6 Å². The molecule has 0 N–H and O–H groups in total. The van der Waals surface area contributed by atoms with Crippen molar-refractivity contribution in [2.75, 3.05) is 13.2 Å². The number of unbranched alkanes of at least 4 members (excludes halogenated alkanes) is 16. The van der Waals surface area contributed by atoms with Gasteiger partial charge in [0.25, 0.3) is 0 Å². The zero-order valence-electron chi connectivity index (χ0n) is 46.8. The summed E-state index contributed by atoms with van der Waals surface area (Å²) in [7, 11) is 0. The monoisotopic (exact) mass is 1010 g/mol. The van der Waals surface area contributed by atoms with Crippen LogP contribution in [0.15, 0.2) is 146 Å². The molecule has 0 aliphatic carbocycles. The Morgan fingerprint density at radius 3 is 0.781 bits per heavy atom. The van der Waals surface area contributed by atoms with Crippen LogP contribution in [0.5, 0.6) is 0 Å². The Bertz CT molecular complexity index is 1630. The summed E-state index contributed by atoms with van der Waals surface area (Å²) in [6.45, 7) is 6.24. The molecule has 6 heteroatoms. The maximum Gasteiger partial charge on any atom is 0.306 e. The summed E-state index contributed by atoms with van der Waals surface area (Å²) < 4.78 is 16.8. The molecule has 0 heterocycles. The summed E-state index contributed by atoms with van der Waals surface area (Å²) in [5, 5.41) is 0. The fourth-order valence-electron chi connectivity index (χ4n) is 7.53. The number of ether oxygens (including phenoxy) is 3. The normalized spacial score (nSPS) is 13.2. The molecule has 0 spiro atoms. The molecule has 73 heavy (non-hydrogen) atoms. The Morgan fingerprint density at radius 2 is 0.493 bits per heavy atom. The van der Waals surface area contributed by atoms with E-state index in [2.05, 4.69) is 167 Å². The fourth-order valence-corrected chi connectivity index (χ4v) is 7.53. The first kappa shape index (κ1) is 68.3. The number of rotatable bonds is 51. The van der Waals surface area contributed by atoms with Gasteiger partial charge in [-0.1, -0.05) is 231 Å². The first-order valence-corrected chi connectivity index (χ1v) is 29.3. The van der Waals surface area contributed by atoms with Crippen molar-refractivity contribution in [3.63, 3.8) is 0 Å². The van der Waals surface area contributed by atoms with Gasteiger partial charge >= 0.3 is 17.9 Å². The van der Waals surface area contributed by atoms with E-state index in [0.717, 1.165) is 161 Å². The van der Waals surface area contributed by atoms with E-state index in [9.17, 15) is 14.4 Å². The number of esters is 3. The lowest BCUT2D eigenvalue weighted by molar-refractivity contribution is -0.167. The van der Waals surface area contributed by atoms with Crippen molar-refractivity contribution in [2.45, 2.75) is 245 Å². The van der Waals surface area contributed by atoms with Crippen LogP contribution in [-0.2, 0) is 28.6 Å². The van der Waals surface area contributed by atoms with Crippen LogP contribution in [0.2, 0.25) is 0 Å². The molecule has 0 radical (unpaired) electrons. The van der Waals surface area contributed by atoms with E-state index in [1.165, 1.54) is 38.5 Å². The van der Waals surface area contributed by atoms with Gasteiger partial charge in [-0.15, -0.1) is 0 Å². The number of carbonyl (C=O) groups is 3. The molecule has 0 bridgehead atoms. The lowest BCUT2D eigenvalue weighted by Crippen LogP contribution is -2.30. The predicted octanol–water partition coefficient (Wildman–Crippen LogP) is 20.0. The second kappa shape index (κ2) is 59.8. The molecular formula is C67H106O6. The molecule has 1 atom stereocenters. The molecule has 0 saturated carbocycles. The fraction of sp³-hybridized carbons (Fsp3) is 0.597. The van der Waals surface area contributed by atoms with Gasteiger partial charge in [0, 0.05) is 19.3 Å². The summed E-state index contributed by atoms with van der Waals surface area (Å²) in [5.74, 6) is -0.972. The molecule has 0 amide bonds. The molecular weight excluding hydrogens is 901 g/mol. The lowest BCUT2D eigenvalue weighted by Gasteiger charge is -2.18. The van der Waals surface area contributed by atoms with Crippen molar-refractivity contribution in [1.29, 1.82) is 0 Å². The molecule has 0 aromatic carbocycles. The van der Waals surface area contributed by atoms with E-state index in [4.69, 9.17) is 14.2 Å². The van der Waals surface area contributed by atoms with Gasteiger partial charge in [-0.25, -0.2) is 0 Å². The number of allylic oxidation sites excluding steroid dienone is 24. The first-order chi connectivity index (χ1) is 36.0. The molecule has 0 aliphatic heterocycles. The van der Waals surface area contributed by atoms with Crippen LogP contribution < -0.4 is 0 Å². The largest absolute Gasteiger partial charge is 0.462 e. The van der Waals surface area contributed by atoms with E-state index < -0.39 is 6.10 Å². The summed E-state index contributed by atoms with van der Waals surface area (Å²) >= 11 is 0. The maximum atomic E-state index is 12.9. The summed E-state index contributed by atoms with van der Waals surface area (Å²) in [6, 6.07) is 0. The third-order valence-electron chi connectivity index (χ3n) is 11.8. The number of hydrogen-bond acceptors (Lipinski definition) is 6. The molecule has 0 aromatic heterocycles. The van der Waals surface area contributed by atoms with Gasteiger partial charge in [0.05, 0.1) is 0 Å². The minimum Gasteiger partial charge on any atom is -0.462 e. The summed E-state index contributed by atoms with van der Waals surface area (Å²) in [4.78, 5) is 38.2. The topological polar surface area (TPSA) is 78.9 Å². The highest BCUT2D eigenvalue weighted by Crippen LogP contribution is 2.14. The van der Waals surface area contributed by atoms with Crippen LogP contribution in [0, 0.1) is 0 Å². The van der Waals surface area contributed by atoms with Gasteiger partial charge in [0.1, 0.15) is 13.2 Å². The van der Waals surface area contributed by atoms with Crippen LogP contribution >= 0.6 is 0 Å². The zero-order chi connectivity index (χ0) is 52.9. The van der Waals surface area contributed by atoms with Crippen molar-refractivity contribution in [3.8, 4) is 0 Å². The average molecular weight is 1010 g/mol. The highest BCUT2D eigenvalue weighted by atomic mass is 16.6. The van der Waals surface area contributed by atoms with Gasteiger partial charge in [0.2, 0.25) is 0 Å². The van der Waals surface area contributed by atoms with Crippen LogP contribution in [-0.4, -0.2) is 37.2 Å². The lowest BCUT2D eigenvalue weighted by atomic mass is 10.1. The third-order valence-corrected chi connectivity index (χ3v) is 11.8. The highest BCUT2D eigenvalue weighted by molar-refractivity contribution is 5.71. The molecule has 6 nitrogen and oxygen atoms in total. The van der Waals surface area contributed by atoms with Crippen molar-refractivity contribution in [1.82, 2.24) is 0 Å². The van der Waals surface area contributed by atoms with Gasteiger partial charge < -0.3 is 14.2 Å². The molecule has 0 aromatic rings. The smallest absolute Gasteiger partial charge is 0.306 e. The predicted molar refractivity (Wildman–Crippen MR) is 315 cm³/mol. The quantitative estimate of drug-likeness (QED) is 0.0261. The van der Waals surface area contributed by atoms with Crippen molar-refractivity contribution in [3.05, 3.63) is 146 Å². The SMILES string of the molecule is CC/C=C\C/C=C\C/C=C\C/C=C\C/C=C\CCCCCCCCCCCC(=O)OCC(COC(=O)CCCCC/C=C\C/C=C\C/C=C\CC)OC(=O)CCCCCC/C=C\C/C=C\C/C=C\C/C=C\CC. The Morgan fingerprint density at radius 1 is 0.274 bits per heavy atom. The molecule has 1 unspecified atom stereocenters. The molecule has 0 saturated heterocycles. The minimum atomic E-state index is -0.812. The Balaban J connectivity index is 4.42. The van der Waals surface area contributed by atoms with Crippen LogP contribution in [0.4, 0.5) is 0 Å². The maximum absolute atomic E-state index is 12.9. The van der Waals surface area contributed by atoms with E-state index in [1.54, 1.807) is 0 Å². The summed E-state index contributed by atoms with van der Waals surface area (Å²) in [6.07, 6.45) is 85.6. The highest BCUT2D eigenvalue weighted by Gasteiger charge is 2.19. The van der Waals surface area contributed by atoms with E-state index in [-0.39, 0.29) is 37.5 Å². The Kier molecular flexibility index (Phi) is 56.0. The standard InChI is InChI=1S/C67H106O6/c1-4-7-10-13-16-19-22-25-27-29-30-31-32-33-34-35-36-38-39-42-45-48-51-54-57-60-66(69)72-63-64(62-71-65(68)59-56-53-50-47-44-41-24-21-18-15-12-9-6-3)73-67(70)61-58-55-52-49-46-43-40-37-28-26-23-20-17-14-11-8-5-2/h7-12,16-21,25-28,30-31,33-34,40-41,43-44,64H,4-6,13-15,22-24,29,32,35-39,42,45-63H2,1-3H3/b10-7-,11-8-,12-9-,19-16-,20-17-,21-18-,27-25-,28-26-,31-30-,34-33-,43-40-,44-41-. The summed E-state index contributed by atoms with van der Waals surface area (Å²) in [5.41, 5.74) is 0. The Labute approximate surface area is 448 Å². The molecule has 0 rings (SSSR count). The average Bonchev–Trinajstić information content (AvgIpc) is 3.39. The van der Waals surface area contributed by atoms with Crippen molar-refractivity contribution in [2.24, 2.45) is 0 Å². The second-order valence-electron chi connectivity index (χ2n) is 18.8. The zero-order valence-corrected chi connectivity index (χ0v) is 46.8. The van der Waals surface area contributed by atoms with Crippen LogP contribution in [0.3, 0.4) is 0 Å². The first-order valence-electron chi connectivity index (χ1n) is 29.3. The van der Waals surface area contributed by atoms with Gasteiger partial charge in [-0.2, -0.15) is 0 Å². The minimum absolute atomic E-state index is 0.106. The second-order valence-corrected chi connectivity index (χ2v) is 18.8. The van der Waals surface area contributed by atoms with Gasteiger partial charge in [-0.05, 0) is 135 Å². The third kappa shape index (κ3) is 58.1. The molecule has 0 fully saturated rings. The van der Waals surface area contributed by atoms with Crippen LogP contribution in [0.25, 0.3) is 0 Å². The molecule has 410 valence electrons. The van der Waals surface area contributed by atoms with Gasteiger partial charge in [-0.3, -0.25) is 14.4 Å². The number of carbonyl (C=O) groups excluding carboxylic acids is 3. The van der Waals surface area contributed by atoms with Gasteiger partial charge in [0.15, 0.2) is 6.10 Å². The van der Waals surface area contributed by atoms with Crippen molar-refractivity contribution >= 4 is 17.9 Å².